The average molecular weight is 340 g/mol. The third-order valence-electron chi connectivity index (χ3n) is 2.49. The second kappa shape index (κ2) is 7.58. The lowest BCUT2D eigenvalue weighted by Gasteiger charge is -2.10. The number of aromatic nitrogens is 2. The van der Waals surface area contributed by atoms with Crippen molar-refractivity contribution in [3.63, 3.8) is 0 Å². The van der Waals surface area contributed by atoms with E-state index in [9.17, 15) is 14.0 Å². The monoisotopic (exact) mass is 340 g/mol. The van der Waals surface area contributed by atoms with Crippen LogP contribution < -0.4 is 15.8 Å². The zero-order valence-electron chi connectivity index (χ0n) is 12.0. The van der Waals surface area contributed by atoms with Crippen LogP contribution >= 0.6 is 11.8 Å². The minimum Gasteiger partial charge on any atom is -0.481 e. The molecule has 0 radical (unpaired) electrons. The lowest BCUT2D eigenvalue weighted by molar-refractivity contribution is -0.117. The summed E-state index contributed by atoms with van der Waals surface area (Å²) in [7, 11) is 0. The summed E-state index contributed by atoms with van der Waals surface area (Å²) in [5, 5.41) is 9.62. The summed E-state index contributed by atoms with van der Waals surface area (Å²) in [4.78, 5) is 21.8. The Morgan fingerprint density at radius 2 is 2.09 bits per heavy atom. The first kappa shape index (κ1) is 16.7. The molecule has 0 bridgehead atoms. The van der Waals surface area contributed by atoms with Gasteiger partial charge in [0.1, 0.15) is 11.6 Å². The normalized spacial score (nSPS) is 11.7. The number of primary amides is 1. The van der Waals surface area contributed by atoms with Gasteiger partial charge in [0.05, 0.1) is 5.75 Å². The molecule has 0 aliphatic carbocycles. The summed E-state index contributed by atoms with van der Waals surface area (Å²) in [6.07, 6.45) is -0.554. The largest absolute Gasteiger partial charge is 0.481 e. The number of nitrogens with one attached hydrogen (secondary N) is 1. The molecule has 1 atom stereocenters. The van der Waals surface area contributed by atoms with E-state index >= 15 is 0 Å². The van der Waals surface area contributed by atoms with Crippen LogP contribution in [0.5, 0.6) is 5.75 Å². The van der Waals surface area contributed by atoms with Crippen molar-refractivity contribution in [2.24, 2.45) is 5.73 Å². The third-order valence-corrected chi connectivity index (χ3v) is 3.30. The summed E-state index contributed by atoms with van der Waals surface area (Å²) in [6.45, 7) is 1.69. The first-order valence-electron chi connectivity index (χ1n) is 6.41. The van der Waals surface area contributed by atoms with Crippen molar-refractivity contribution in [3.8, 4) is 5.75 Å². The Kier molecular flexibility index (Phi) is 5.52. The van der Waals surface area contributed by atoms with Gasteiger partial charge in [0.15, 0.2) is 6.10 Å². The molecule has 1 heterocycles. The first-order valence-corrected chi connectivity index (χ1v) is 7.40. The van der Waals surface area contributed by atoms with Crippen molar-refractivity contribution in [3.05, 3.63) is 36.0 Å². The number of nitrogens with zero attached hydrogens (tertiary/aromatic N) is 2. The number of thioether (sulfide) groups is 1. The Morgan fingerprint density at radius 3 is 2.74 bits per heavy atom. The smallest absolute Gasteiger partial charge is 0.318 e. The van der Waals surface area contributed by atoms with Gasteiger partial charge in [0.2, 0.25) is 5.91 Å². The summed E-state index contributed by atoms with van der Waals surface area (Å²) in [6, 6.07) is 4.57. The number of hydrogen-bond donors (Lipinski definition) is 2. The number of halogens is 1. The molecule has 1 aromatic heterocycles. The predicted octanol–water partition coefficient (Wildman–Crippen LogP) is 1.64. The van der Waals surface area contributed by atoms with Crippen molar-refractivity contribution >= 4 is 23.7 Å². The molecule has 0 aliphatic heterocycles. The molecule has 0 fully saturated rings. The molecule has 0 unspecified atom stereocenters. The van der Waals surface area contributed by atoms with Gasteiger partial charge in [0, 0.05) is 0 Å². The minimum atomic E-state index is -0.928. The lowest BCUT2D eigenvalue weighted by Crippen LogP contribution is -2.36. The Bertz CT molecular complexity index is 692. The molecule has 122 valence electrons. The second-order valence-corrected chi connectivity index (χ2v) is 5.25. The van der Waals surface area contributed by atoms with Gasteiger partial charge in [-0.15, -0.1) is 10.2 Å². The van der Waals surface area contributed by atoms with Crippen LogP contribution in [0.25, 0.3) is 0 Å². The fourth-order valence-corrected chi connectivity index (χ4v) is 2.08. The zero-order valence-corrected chi connectivity index (χ0v) is 12.8. The average Bonchev–Trinajstić information content (AvgIpc) is 2.96. The molecule has 0 spiro atoms. The van der Waals surface area contributed by atoms with Crippen LogP contribution in [-0.2, 0) is 4.79 Å². The van der Waals surface area contributed by atoms with Crippen LogP contribution in [0.3, 0.4) is 0 Å². The molecule has 10 heteroatoms. The van der Waals surface area contributed by atoms with E-state index in [0.717, 1.165) is 11.8 Å². The summed E-state index contributed by atoms with van der Waals surface area (Å²) >= 11 is 0.952. The zero-order chi connectivity index (χ0) is 16.8. The van der Waals surface area contributed by atoms with Crippen LogP contribution in [-0.4, -0.2) is 27.9 Å². The summed E-state index contributed by atoms with van der Waals surface area (Å²) in [5.74, 6) is -0.384. The second-order valence-electron chi connectivity index (χ2n) is 4.32. The van der Waals surface area contributed by atoms with Crippen molar-refractivity contribution in [1.82, 2.24) is 15.5 Å². The fourth-order valence-electron chi connectivity index (χ4n) is 1.51. The molecule has 2 rings (SSSR count). The highest BCUT2D eigenvalue weighted by Crippen LogP contribution is 2.23. The maximum Gasteiger partial charge on any atom is 0.318 e. The van der Waals surface area contributed by atoms with E-state index in [1.54, 1.807) is 6.92 Å². The topological polar surface area (TPSA) is 120 Å². The highest BCUT2D eigenvalue weighted by molar-refractivity contribution is 7.99. The molecule has 8 nitrogen and oxygen atoms in total. The van der Waals surface area contributed by atoms with Crippen molar-refractivity contribution in [2.45, 2.75) is 18.3 Å². The van der Waals surface area contributed by atoms with Crippen LogP contribution in [0.15, 0.2) is 33.9 Å². The quantitative estimate of drug-likeness (QED) is 0.767. The molecule has 0 aliphatic rings. The van der Waals surface area contributed by atoms with E-state index in [2.05, 4.69) is 10.2 Å². The van der Waals surface area contributed by atoms with E-state index in [4.69, 9.17) is 14.9 Å². The summed E-state index contributed by atoms with van der Waals surface area (Å²) < 4.78 is 23.7. The number of benzene rings is 1. The van der Waals surface area contributed by atoms with Crippen LogP contribution in [0.4, 0.5) is 9.18 Å². The van der Waals surface area contributed by atoms with E-state index in [0.29, 0.717) is 5.75 Å². The van der Waals surface area contributed by atoms with Gasteiger partial charge in [-0.05, 0) is 31.2 Å². The van der Waals surface area contributed by atoms with Crippen LogP contribution in [0.2, 0.25) is 0 Å². The highest BCUT2D eigenvalue weighted by Gasteiger charge is 2.17. The fraction of sp³-hybridized carbons (Fsp3) is 0.231. The van der Waals surface area contributed by atoms with Gasteiger partial charge in [-0.1, -0.05) is 11.8 Å². The maximum atomic E-state index is 12.8. The van der Waals surface area contributed by atoms with E-state index in [1.165, 1.54) is 24.3 Å². The molecule has 3 N–H and O–H groups in total. The van der Waals surface area contributed by atoms with Crippen molar-refractivity contribution in [1.29, 1.82) is 0 Å². The Hall–Kier alpha value is -2.62. The SMILES string of the molecule is C[C@@H](Oc1ccc(F)cc1)c1nnc(SCC(=O)NC(N)=O)o1. The molecular formula is C13H13FN4O4S. The lowest BCUT2D eigenvalue weighted by atomic mass is 10.3. The number of imide groups is 1. The van der Waals surface area contributed by atoms with Gasteiger partial charge in [-0.2, -0.15) is 0 Å². The van der Waals surface area contributed by atoms with Gasteiger partial charge in [0.25, 0.3) is 11.1 Å². The van der Waals surface area contributed by atoms with Gasteiger partial charge >= 0.3 is 6.03 Å². The molecule has 0 saturated heterocycles. The Balaban J connectivity index is 1.89. The number of rotatable bonds is 6. The van der Waals surface area contributed by atoms with E-state index < -0.39 is 18.0 Å². The summed E-state index contributed by atoms with van der Waals surface area (Å²) in [5.41, 5.74) is 4.82. The van der Waals surface area contributed by atoms with Gasteiger partial charge < -0.3 is 14.9 Å². The number of carbonyl (C=O) groups excluding carboxylic acids is 2. The Morgan fingerprint density at radius 1 is 1.39 bits per heavy atom. The molecule has 2 aromatic rings. The van der Waals surface area contributed by atoms with E-state index in [-0.39, 0.29) is 22.7 Å². The number of amides is 3. The number of hydrogen-bond acceptors (Lipinski definition) is 7. The maximum absolute atomic E-state index is 12.8. The molecule has 1 aromatic carbocycles. The van der Waals surface area contributed by atoms with Crippen LogP contribution in [0, 0.1) is 5.82 Å². The molecule has 0 saturated carbocycles. The van der Waals surface area contributed by atoms with Crippen molar-refractivity contribution < 1.29 is 23.1 Å². The number of urea groups is 1. The standard InChI is InChI=1S/C13H13FN4O4S/c1-7(21-9-4-2-8(14)3-5-9)11-17-18-13(22-11)23-6-10(19)16-12(15)20/h2-5,7H,6H2,1H3,(H3,15,16,19,20)/t7-/m1/s1. The third kappa shape index (κ3) is 5.25. The van der Waals surface area contributed by atoms with Crippen LogP contribution in [0.1, 0.15) is 18.9 Å². The predicted molar refractivity (Wildman–Crippen MR) is 78.2 cm³/mol. The molecule has 23 heavy (non-hydrogen) atoms. The molecular weight excluding hydrogens is 327 g/mol. The van der Waals surface area contributed by atoms with Crippen molar-refractivity contribution in [2.75, 3.05) is 5.75 Å². The number of ether oxygens (including phenoxy) is 1. The minimum absolute atomic E-state index is 0.0994. The first-order chi connectivity index (χ1) is 10.9. The number of nitrogens with two attached hydrogens (primary N) is 1. The van der Waals surface area contributed by atoms with Gasteiger partial charge in [-0.25, -0.2) is 9.18 Å². The van der Waals surface area contributed by atoms with Gasteiger partial charge in [-0.3, -0.25) is 10.1 Å². The number of carbonyl (C=O) groups is 2. The van der Waals surface area contributed by atoms with E-state index in [1.807, 2.05) is 5.32 Å². The molecule has 3 amide bonds. The highest BCUT2D eigenvalue weighted by atomic mass is 32.2. The Labute approximate surface area is 134 Å².